The maximum Gasteiger partial charge on any atom is 0.254 e. The van der Waals surface area contributed by atoms with E-state index >= 15 is 0 Å². The highest BCUT2D eigenvalue weighted by Gasteiger charge is 2.26. The van der Waals surface area contributed by atoms with Gasteiger partial charge in [-0.3, -0.25) is 9.69 Å². The monoisotopic (exact) mass is 433 g/mol. The minimum absolute atomic E-state index is 0.0833. The van der Waals surface area contributed by atoms with Crippen molar-refractivity contribution < 1.29 is 9.18 Å². The van der Waals surface area contributed by atoms with Crippen molar-refractivity contribution in [3.63, 3.8) is 0 Å². The molecule has 1 N–H and O–H groups in total. The molecule has 4 nitrogen and oxygen atoms in total. The van der Waals surface area contributed by atoms with Gasteiger partial charge in [0.1, 0.15) is 5.82 Å². The average Bonchev–Trinajstić information content (AvgIpc) is 2.66. The number of amides is 1. The summed E-state index contributed by atoms with van der Waals surface area (Å²) in [6.45, 7) is 4.48. The number of benzene rings is 2. The Morgan fingerprint density at radius 2 is 2.00 bits per heavy atom. The molecule has 144 valence electrons. The second-order valence-electron chi connectivity index (χ2n) is 6.96. The number of likely N-dealkylation sites (N-methyl/N-ethyl adjacent to an activating group) is 1. The lowest BCUT2D eigenvalue weighted by molar-refractivity contribution is 0.0864. The minimum Gasteiger partial charge on any atom is -0.352 e. The predicted molar refractivity (Wildman–Crippen MR) is 109 cm³/mol. The SMILES string of the molecule is CN1CCN(CCCNC(=O)c2ccc(Br)cc2F)C(c2ccccc2)C1. The largest absolute Gasteiger partial charge is 0.352 e. The third kappa shape index (κ3) is 5.37. The molecule has 1 fully saturated rings. The van der Waals surface area contributed by atoms with Gasteiger partial charge in [-0.15, -0.1) is 0 Å². The summed E-state index contributed by atoms with van der Waals surface area (Å²) in [6.07, 6.45) is 0.830. The minimum atomic E-state index is -0.509. The second kappa shape index (κ2) is 9.44. The summed E-state index contributed by atoms with van der Waals surface area (Å²) in [6, 6.07) is 15.4. The Hall–Kier alpha value is -1.76. The van der Waals surface area contributed by atoms with E-state index in [-0.39, 0.29) is 11.5 Å². The van der Waals surface area contributed by atoms with Gasteiger partial charge in [-0.25, -0.2) is 4.39 Å². The Morgan fingerprint density at radius 3 is 2.74 bits per heavy atom. The fraction of sp³-hybridized carbons (Fsp3) is 0.381. The van der Waals surface area contributed by atoms with Crippen LogP contribution in [0, 0.1) is 5.82 Å². The summed E-state index contributed by atoms with van der Waals surface area (Å²) in [5.74, 6) is -0.872. The Balaban J connectivity index is 1.52. The molecule has 3 rings (SSSR count). The lowest BCUT2D eigenvalue weighted by Gasteiger charge is -2.40. The van der Waals surface area contributed by atoms with Crippen LogP contribution in [-0.2, 0) is 0 Å². The second-order valence-corrected chi connectivity index (χ2v) is 7.87. The third-order valence-electron chi connectivity index (χ3n) is 4.96. The molecule has 0 saturated carbocycles. The number of nitrogens with zero attached hydrogens (tertiary/aromatic N) is 2. The summed E-state index contributed by atoms with van der Waals surface area (Å²) in [7, 11) is 2.15. The van der Waals surface area contributed by atoms with Gasteiger partial charge in [-0.2, -0.15) is 0 Å². The highest BCUT2D eigenvalue weighted by atomic mass is 79.9. The van der Waals surface area contributed by atoms with Gasteiger partial charge in [0.15, 0.2) is 0 Å². The molecule has 2 aromatic rings. The zero-order valence-corrected chi connectivity index (χ0v) is 17.1. The quantitative estimate of drug-likeness (QED) is 0.705. The average molecular weight is 434 g/mol. The van der Waals surface area contributed by atoms with Crippen molar-refractivity contribution in [2.24, 2.45) is 0 Å². The number of rotatable bonds is 6. The molecule has 0 bridgehead atoms. The molecule has 1 aliphatic heterocycles. The maximum absolute atomic E-state index is 13.9. The first-order valence-electron chi connectivity index (χ1n) is 9.25. The Bertz CT molecular complexity index is 771. The van der Waals surface area contributed by atoms with Crippen molar-refractivity contribution in [1.82, 2.24) is 15.1 Å². The Morgan fingerprint density at radius 1 is 1.22 bits per heavy atom. The first kappa shape index (κ1) is 20.0. The summed E-state index contributed by atoms with van der Waals surface area (Å²) < 4.78 is 14.5. The number of carbonyl (C=O) groups excluding carboxylic acids is 1. The van der Waals surface area contributed by atoms with E-state index in [1.165, 1.54) is 17.7 Å². The van der Waals surface area contributed by atoms with E-state index < -0.39 is 5.82 Å². The van der Waals surface area contributed by atoms with Crippen LogP contribution in [0.2, 0.25) is 0 Å². The van der Waals surface area contributed by atoms with E-state index in [1.54, 1.807) is 6.07 Å². The van der Waals surface area contributed by atoms with E-state index in [0.29, 0.717) is 17.1 Å². The van der Waals surface area contributed by atoms with E-state index in [0.717, 1.165) is 32.6 Å². The zero-order valence-electron chi connectivity index (χ0n) is 15.5. The molecular weight excluding hydrogens is 409 g/mol. The van der Waals surface area contributed by atoms with Gasteiger partial charge < -0.3 is 10.2 Å². The number of hydrogen-bond donors (Lipinski definition) is 1. The first-order valence-corrected chi connectivity index (χ1v) is 10.0. The Kier molecular flexibility index (Phi) is 6.99. The van der Waals surface area contributed by atoms with Crippen LogP contribution in [0.15, 0.2) is 53.0 Å². The molecule has 1 heterocycles. The zero-order chi connectivity index (χ0) is 19.2. The van der Waals surface area contributed by atoms with Gasteiger partial charge in [-0.05, 0) is 37.2 Å². The molecule has 2 aromatic carbocycles. The van der Waals surface area contributed by atoms with Crippen molar-refractivity contribution >= 4 is 21.8 Å². The van der Waals surface area contributed by atoms with Gasteiger partial charge in [0.25, 0.3) is 5.91 Å². The summed E-state index contributed by atoms with van der Waals surface area (Å²) in [5.41, 5.74) is 1.41. The Labute approximate surface area is 168 Å². The van der Waals surface area contributed by atoms with Crippen molar-refractivity contribution in [3.8, 4) is 0 Å². The summed E-state index contributed by atoms with van der Waals surface area (Å²) in [4.78, 5) is 17.0. The van der Waals surface area contributed by atoms with E-state index in [4.69, 9.17) is 0 Å². The molecule has 1 aliphatic rings. The normalized spacial score (nSPS) is 18.4. The number of piperazine rings is 1. The number of nitrogens with one attached hydrogen (secondary N) is 1. The van der Waals surface area contributed by atoms with Crippen molar-refractivity contribution in [2.45, 2.75) is 12.5 Å². The number of hydrogen-bond acceptors (Lipinski definition) is 3. The fourth-order valence-electron chi connectivity index (χ4n) is 3.47. The molecule has 1 amide bonds. The van der Waals surface area contributed by atoms with Crippen LogP contribution in [0.1, 0.15) is 28.4 Å². The number of carbonyl (C=O) groups is 1. The van der Waals surface area contributed by atoms with Gasteiger partial charge in [0.05, 0.1) is 5.56 Å². The molecule has 1 unspecified atom stereocenters. The summed E-state index contributed by atoms with van der Waals surface area (Å²) in [5, 5.41) is 2.83. The topological polar surface area (TPSA) is 35.6 Å². The smallest absolute Gasteiger partial charge is 0.254 e. The molecule has 0 radical (unpaired) electrons. The molecule has 1 atom stereocenters. The standard InChI is InChI=1S/C21H25BrFN3O/c1-25-12-13-26(20(15-25)16-6-3-2-4-7-16)11-5-10-24-21(27)18-9-8-17(22)14-19(18)23/h2-4,6-9,14,20H,5,10-13,15H2,1H3,(H,24,27). The molecular formula is C21H25BrFN3O. The van der Waals surface area contributed by atoms with Crippen LogP contribution in [0.4, 0.5) is 4.39 Å². The maximum atomic E-state index is 13.9. The first-order chi connectivity index (χ1) is 13.0. The van der Waals surface area contributed by atoms with E-state index in [9.17, 15) is 9.18 Å². The van der Waals surface area contributed by atoms with Crippen LogP contribution in [0.5, 0.6) is 0 Å². The van der Waals surface area contributed by atoms with E-state index in [1.807, 2.05) is 6.07 Å². The van der Waals surface area contributed by atoms with Crippen LogP contribution in [0.3, 0.4) is 0 Å². The lowest BCUT2D eigenvalue weighted by atomic mass is 10.0. The van der Waals surface area contributed by atoms with Crippen LogP contribution < -0.4 is 5.32 Å². The van der Waals surface area contributed by atoms with Crippen molar-refractivity contribution in [2.75, 3.05) is 39.8 Å². The van der Waals surface area contributed by atoms with Crippen LogP contribution in [-0.4, -0.2) is 55.5 Å². The third-order valence-corrected chi connectivity index (χ3v) is 5.46. The molecule has 6 heteroatoms. The van der Waals surface area contributed by atoms with Crippen LogP contribution in [0.25, 0.3) is 0 Å². The molecule has 27 heavy (non-hydrogen) atoms. The fourth-order valence-corrected chi connectivity index (χ4v) is 3.80. The van der Waals surface area contributed by atoms with E-state index in [2.05, 4.69) is 62.4 Å². The summed E-state index contributed by atoms with van der Waals surface area (Å²) >= 11 is 3.20. The van der Waals surface area contributed by atoms with Crippen molar-refractivity contribution in [3.05, 3.63) is 69.9 Å². The van der Waals surface area contributed by atoms with Gasteiger partial charge in [0.2, 0.25) is 0 Å². The predicted octanol–water partition coefficient (Wildman–Crippen LogP) is 3.70. The molecule has 1 saturated heterocycles. The van der Waals surface area contributed by atoms with Crippen LogP contribution >= 0.6 is 15.9 Å². The van der Waals surface area contributed by atoms with Gasteiger partial charge >= 0.3 is 0 Å². The van der Waals surface area contributed by atoms with Gasteiger partial charge in [0, 0.05) is 43.2 Å². The van der Waals surface area contributed by atoms with Gasteiger partial charge in [-0.1, -0.05) is 46.3 Å². The lowest BCUT2D eigenvalue weighted by Crippen LogP contribution is -2.47. The molecule has 0 aromatic heterocycles. The van der Waals surface area contributed by atoms with Crippen molar-refractivity contribution in [1.29, 1.82) is 0 Å². The highest BCUT2D eigenvalue weighted by Crippen LogP contribution is 2.24. The number of halogens is 2. The molecule has 0 aliphatic carbocycles. The highest BCUT2D eigenvalue weighted by molar-refractivity contribution is 9.10. The molecule has 0 spiro atoms.